The molecule has 72 valence electrons. The molecule has 4 heteroatoms. The zero-order valence-corrected chi connectivity index (χ0v) is 7.70. The average Bonchev–Trinajstić information content (AvgIpc) is 2.15. The van der Waals surface area contributed by atoms with Crippen LogP contribution < -0.4 is 10.6 Å². The topological polar surface area (TPSA) is 42.2 Å². The standard InChI is InChI=1S/C9H14FN3/c1-13(6-2-4-10)9-3-5-12-7-8(9)11/h3,5,7H,2,4,6,11H2,1H3. The number of nitrogens with zero attached hydrogens (tertiary/aromatic N) is 2. The van der Waals surface area contributed by atoms with Gasteiger partial charge in [0.05, 0.1) is 24.2 Å². The van der Waals surface area contributed by atoms with Crippen LogP contribution in [0.4, 0.5) is 15.8 Å². The van der Waals surface area contributed by atoms with Crippen LogP contribution >= 0.6 is 0 Å². The van der Waals surface area contributed by atoms with Crippen molar-refractivity contribution in [2.45, 2.75) is 6.42 Å². The molecule has 0 aliphatic heterocycles. The van der Waals surface area contributed by atoms with E-state index in [1.165, 1.54) is 0 Å². The zero-order chi connectivity index (χ0) is 9.68. The molecule has 3 nitrogen and oxygen atoms in total. The van der Waals surface area contributed by atoms with Crippen LogP contribution in [-0.4, -0.2) is 25.3 Å². The van der Waals surface area contributed by atoms with Crippen molar-refractivity contribution in [1.82, 2.24) is 4.98 Å². The van der Waals surface area contributed by atoms with Crippen LogP contribution in [0.5, 0.6) is 0 Å². The van der Waals surface area contributed by atoms with Crippen LogP contribution in [0.3, 0.4) is 0 Å². The Bertz CT molecular complexity index is 265. The normalized spacial score (nSPS) is 10.0. The number of hydrogen-bond donors (Lipinski definition) is 1. The summed E-state index contributed by atoms with van der Waals surface area (Å²) in [5.41, 5.74) is 7.23. The lowest BCUT2D eigenvalue weighted by Gasteiger charge is -2.19. The van der Waals surface area contributed by atoms with E-state index in [4.69, 9.17) is 5.73 Å². The third-order valence-electron chi connectivity index (χ3n) is 1.87. The molecule has 0 aromatic carbocycles. The predicted octanol–water partition coefficient (Wildman–Crippen LogP) is 1.46. The molecule has 0 amide bonds. The van der Waals surface area contributed by atoms with Gasteiger partial charge in [-0.2, -0.15) is 0 Å². The van der Waals surface area contributed by atoms with Crippen molar-refractivity contribution in [3.05, 3.63) is 18.5 Å². The summed E-state index contributed by atoms with van der Waals surface area (Å²) in [6.07, 6.45) is 3.80. The van der Waals surface area contributed by atoms with Gasteiger partial charge in [0.25, 0.3) is 0 Å². The van der Waals surface area contributed by atoms with Gasteiger partial charge in [-0.25, -0.2) is 0 Å². The summed E-state index contributed by atoms with van der Waals surface area (Å²) < 4.78 is 11.9. The highest BCUT2D eigenvalue weighted by Gasteiger charge is 2.03. The third-order valence-corrected chi connectivity index (χ3v) is 1.87. The largest absolute Gasteiger partial charge is 0.396 e. The van der Waals surface area contributed by atoms with Crippen LogP contribution in [-0.2, 0) is 0 Å². The Kier molecular flexibility index (Phi) is 3.49. The fraction of sp³-hybridized carbons (Fsp3) is 0.444. The molecule has 0 fully saturated rings. The van der Waals surface area contributed by atoms with E-state index >= 15 is 0 Å². The molecule has 1 heterocycles. The number of pyridine rings is 1. The molecule has 13 heavy (non-hydrogen) atoms. The molecule has 0 aliphatic carbocycles. The van der Waals surface area contributed by atoms with Gasteiger partial charge < -0.3 is 10.6 Å². The molecule has 0 saturated carbocycles. The van der Waals surface area contributed by atoms with Gasteiger partial charge in [0.1, 0.15) is 0 Å². The number of hydrogen-bond acceptors (Lipinski definition) is 3. The Hall–Kier alpha value is -1.32. The molecule has 0 saturated heterocycles. The summed E-state index contributed by atoms with van der Waals surface area (Å²) in [6.45, 7) is 0.375. The van der Waals surface area contributed by atoms with Gasteiger partial charge in [-0.05, 0) is 12.5 Å². The molecule has 0 bridgehead atoms. The minimum absolute atomic E-state index is 0.296. The van der Waals surface area contributed by atoms with Crippen molar-refractivity contribution in [3.63, 3.8) is 0 Å². The highest BCUT2D eigenvalue weighted by molar-refractivity contribution is 5.65. The molecule has 1 rings (SSSR count). The van der Waals surface area contributed by atoms with Crippen molar-refractivity contribution in [2.75, 3.05) is 30.9 Å². The Morgan fingerprint density at radius 1 is 1.62 bits per heavy atom. The number of anilines is 2. The maximum absolute atomic E-state index is 11.9. The number of nitrogen functional groups attached to an aromatic ring is 1. The first-order valence-electron chi connectivity index (χ1n) is 4.22. The van der Waals surface area contributed by atoms with Crippen molar-refractivity contribution in [2.24, 2.45) is 0 Å². The lowest BCUT2D eigenvalue weighted by Crippen LogP contribution is -2.20. The third kappa shape index (κ3) is 2.57. The van der Waals surface area contributed by atoms with Gasteiger partial charge in [-0.1, -0.05) is 0 Å². The smallest absolute Gasteiger partial charge is 0.0911 e. The molecule has 0 radical (unpaired) electrons. The van der Waals surface area contributed by atoms with E-state index in [0.717, 1.165) is 5.69 Å². The van der Waals surface area contributed by atoms with Crippen LogP contribution in [0.1, 0.15) is 6.42 Å². The van der Waals surface area contributed by atoms with E-state index in [-0.39, 0.29) is 6.67 Å². The molecule has 0 atom stereocenters. The quantitative estimate of drug-likeness (QED) is 0.768. The van der Waals surface area contributed by atoms with E-state index in [9.17, 15) is 4.39 Å². The number of alkyl halides is 1. The summed E-state index contributed by atoms with van der Waals surface area (Å²) in [5.74, 6) is 0. The van der Waals surface area contributed by atoms with Gasteiger partial charge in [0.15, 0.2) is 0 Å². The Balaban J connectivity index is 2.65. The second-order valence-corrected chi connectivity index (χ2v) is 2.90. The molecule has 0 aliphatic rings. The molecule has 0 spiro atoms. The van der Waals surface area contributed by atoms with Crippen LogP contribution in [0.2, 0.25) is 0 Å². The van der Waals surface area contributed by atoms with Crippen molar-refractivity contribution in [1.29, 1.82) is 0 Å². The van der Waals surface area contributed by atoms with Gasteiger partial charge in [-0.3, -0.25) is 9.37 Å². The van der Waals surface area contributed by atoms with Crippen molar-refractivity contribution >= 4 is 11.4 Å². The maximum Gasteiger partial charge on any atom is 0.0911 e. The molecular weight excluding hydrogens is 169 g/mol. The van der Waals surface area contributed by atoms with E-state index < -0.39 is 0 Å². The van der Waals surface area contributed by atoms with E-state index in [0.29, 0.717) is 18.7 Å². The van der Waals surface area contributed by atoms with Crippen molar-refractivity contribution < 1.29 is 4.39 Å². The van der Waals surface area contributed by atoms with Crippen LogP contribution in [0.15, 0.2) is 18.5 Å². The second kappa shape index (κ2) is 4.64. The zero-order valence-electron chi connectivity index (χ0n) is 7.70. The first kappa shape index (κ1) is 9.77. The fourth-order valence-electron chi connectivity index (χ4n) is 1.16. The minimum Gasteiger partial charge on any atom is -0.396 e. The predicted molar refractivity (Wildman–Crippen MR) is 52.5 cm³/mol. The fourth-order valence-corrected chi connectivity index (χ4v) is 1.16. The lowest BCUT2D eigenvalue weighted by molar-refractivity contribution is 0.474. The molecule has 0 unspecified atom stereocenters. The highest BCUT2D eigenvalue weighted by Crippen LogP contribution is 2.19. The van der Waals surface area contributed by atoms with Gasteiger partial charge in [0.2, 0.25) is 0 Å². The summed E-state index contributed by atoms with van der Waals surface area (Å²) in [5, 5.41) is 0. The Morgan fingerprint density at radius 2 is 2.38 bits per heavy atom. The minimum atomic E-state index is -0.296. The number of rotatable bonds is 4. The van der Waals surface area contributed by atoms with E-state index in [1.54, 1.807) is 12.4 Å². The number of halogens is 1. The Morgan fingerprint density at radius 3 is 3.00 bits per heavy atom. The Labute approximate surface area is 77.4 Å². The summed E-state index contributed by atoms with van der Waals surface area (Å²) in [7, 11) is 1.89. The SMILES string of the molecule is CN(CCCF)c1ccncc1N. The summed E-state index contributed by atoms with van der Waals surface area (Å²) >= 11 is 0. The van der Waals surface area contributed by atoms with Gasteiger partial charge >= 0.3 is 0 Å². The second-order valence-electron chi connectivity index (χ2n) is 2.90. The number of nitrogens with two attached hydrogens (primary N) is 1. The average molecular weight is 183 g/mol. The first-order valence-corrected chi connectivity index (χ1v) is 4.22. The highest BCUT2D eigenvalue weighted by atomic mass is 19.1. The summed E-state index contributed by atoms with van der Waals surface area (Å²) in [6, 6.07) is 1.83. The number of aromatic nitrogens is 1. The summed E-state index contributed by atoms with van der Waals surface area (Å²) in [4.78, 5) is 5.81. The van der Waals surface area contributed by atoms with Crippen LogP contribution in [0.25, 0.3) is 0 Å². The van der Waals surface area contributed by atoms with Crippen LogP contribution in [0, 0.1) is 0 Å². The van der Waals surface area contributed by atoms with Crippen molar-refractivity contribution in [3.8, 4) is 0 Å². The molecule has 1 aromatic heterocycles. The molecular formula is C9H14FN3. The molecule has 1 aromatic rings. The maximum atomic E-state index is 11.9. The van der Waals surface area contributed by atoms with Gasteiger partial charge in [0, 0.05) is 19.8 Å². The first-order chi connectivity index (χ1) is 6.25. The van der Waals surface area contributed by atoms with E-state index in [1.807, 2.05) is 18.0 Å². The monoisotopic (exact) mass is 183 g/mol. The lowest BCUT2D eigenvalue weighted by atomic mass is 10.3. The van der Waals surface area contributed by atoms with Gasteiger partial charge in [-0.15, -0.1) is 0 Å². The molecule has 2 N–H and O–H groups in total. The van der Waals surface area contributed by atoms with E-state index in [2.05, 4.69) is 4.98 Å².